The quantitative estimate of drug-likeness (QED) is 0.824. The highest BCUT2D eigenvalue weighted by molar-refractivity contribution is 9.10. The summed E-state index contributed by atoms with van der Waals surface area (Å²) in [5.41, 5.74) is 1.16. The van der Waals surface area contributed by atoms with Crippen LogP contribution in [0.3, 0.4) is 0 Å². The van der Waals surface area contributed by atoms with E-state index in [9.17, 15) is 0 Å². The standard InChI is InChI=1S/C9H9BrN2.ClH/c10-8-3-1-7(2-4-8)9-11-5-6-12-9;/h1-4H,5-6H2,(H,11,12);1H. The third-order valence-electron chi connectivity index (χ3n) is 1.79. The summed E-state index contributed by atoms with van der Waals surface area (Å²) < 4.78 is 1.10. The molecule has 1 heterocycles. The Morgan fingerprint density at radius 2 is 1.92 bits per heavy atom. The van der Waals surface area contributed by atoms with Gasteiger partial charge in [0.05, 0.1) is 6.54 Å². The summed E-state index contributed by atoms with van der Waals surface area (Å²) in [5.74, 6) is 1.02. The molecule has 2 rings (SSSR count). The van der Waals surface area contributed by atoms with Crippen LogP contribution in [0.15, 0.2) is 33.7 Å². The molecule has 0 aliphatic carbocycles. The highest BCUT2D eigenvalue weighted by Crippen LogP contribution is 2.11. The number of nitrogens with one attached hydrogen (secondary N) is 1. The molecule has 70 valence electrons. The van der Waals surface area contributed by atoms with Gasteiger partial charge in [0.1, 0.15) is 5.84 Å². The van der Waals surface area contributed by atoms with Gasteiger partial charge >= 0.3 is 0 Å². The predicted molar refractivity (Wildman–Crippen MR) is 60.8 cm³/mol. The van der Waals surface area contributed by atoms with Crippen molar-refractivity contribution < 1.29 is 0 Å². The van der Waals surface area contributed by atoms with E-state index in [-0.39, 0.29) is 12.4 Å². The molecule has 0 unspecified atom stereocenters. The van der Waals surface area contributed by atoms with E-state index in [1.807, 2.05) is 12.1 Å². The van der Waals surface area contributed by atoms with Crippen molar-refractivity contribution in [2.75, 3.05) is 13.1 Å². The topological polar surface area (TPSA) is 24.4 Å². The van der Waals surface area contributed by atoms with Crippen molar-refractivity contribution in [3.63, 3.8) is 0 Å². The summed E-state index contributed by atoms with van der Waals surface area (Å²) in [6.07, 6.45) is 0. The lowest BCUT2D eigenvalue weighted by molar-refractivity contribution is 0.960. The van der Waals surface area contributed by atoms with Gasteiger partial charge in [-0.3, -0.25) is 4.99 Å². The van der Waals surface area contributed by atoms with Crippen molar-refractivity contribution in [2.45, 2.75) is 0 Å². The zero-order chi connectivity index (χ0) is 8.39. The molecule has 0 fully saturated rings. The Labute approximate surface area is 92.0 Å². The number of aliphatic imine (C=N–C) groups is 1. The molecular formula is C9H10BrClN2. The highest BCUT2D eigenvalue weighted by Gasteiger charge is 2.06. The van der Waals surface area contributed by atoms with E-state index in [1.54, 1.807) is 0 Å². The first kappa shape index (κ1) is 10.5. The molecule has 2 nitrogen and oxygen atoms in total. The Balaban J connectivity index is 0.000000845. The zero-order valence-corrected chi connectivity index (χ0v) is 9.36. The van der Waals surface area contributed by atoms with E-state index in [0.717, 1.165) is 29.0 Å². The number of nitrogens with zero attached hydrogens (tertiary/aromatic N) is 1. The van der Waals surface area contributed by atoms with Crippen LogP contribution in [0, 0.1) is 0 Å². The van der Waals surface area contributed by atoms with E-state index in [2.05, 4.69) is 38.4 Å². The monoisotopic (exact) mass is 260 g/mol. The molecule has 0 aromatic heterocycles. The van der Waals surface area contributed by atoms with Gasteiger partial charge < -0.3 is 5.32 Å². The van der Waals surface area contributed by atoms with Crippen LogP contribution in [0.4, 0.5) is 0 Å². The second kappa shape index (κ2) is 4.63. The lowest BCUT2D eigenvalue weighted by atomic mass is 10.2. The molecule has 0 saturated heterocycles. The largest absolute Gasteiger partial charge is 0.368 e. The van der Waals surface area contributed by atoms with Gasteiger partial charge in [0.2, 0.25) is 0 Å². The summed E-state index contributed by atoms with van der Waals surface area (Å²) in [5, 5.41) is 3.23. The molecule has 1 aromatic carbocycles. The Hall–Kier alpha value is -0.540. The summed E-state index contributed by atoms with van der Waals surface area (Å²) in [7, 11) is 0. The number of hydrogen-bond acceptors (Lipinski definition) is 2. The fourth-order valence-electron chi connectivity index (χ4n) is 1.20. The number of hydrogen-bond donors (Lipinski definition) is 1. The van der Waals surface area contributed by atoms with Crippen molar-refractivity contribution in [3.8, 4) is 0 Å². The van der Waals surface area contributed by atoms with Gasteiger partial charge in [-0.05, 0) is 12.1 Å². The number of halogens is 2. The van der Waals surface area contributed by atoms with Crippen LogP contribution in [-0.4, -0.2) is 18.9 Å². The van der Waals surface area contributed by atoms with Gasteiger partial charge in [0.15, 0.2) is 0 Å². The second-order valence-electron chi connectivity index (χ2n) is 2.66. The zero-order valence-electron chi connectivity index (χ0n) is 6.96. The Kier molecular flexibility index (Phi) is 3.75. The molecule has 1 N–H and O–H groups in total. The Bertz CT molecular complexity index is 308. The predicted octanol–water partition coefficient (Wildman–Crippen LogP) is 2.22. The maximum absolute atomic E-state index is 4.33. The highest BCUT2D eigenvalue weighted by atomic mass is 79.9. The third kappa shape index (κ3) is 2.45. The lowest BCUT2D eigenvalue weighted by Gasteiger charge is -2.00. The molecule has 0 saturated carbocycles. The molecule has 0 amide bonds. The summed E-state index contributed by atoms with van der Waals surface area (Å²) in [6, 6.07) is 8.16. The minimum Gasteiger partial charge on any atom is -0.368 e. The van der Waals surface area contributed by atoms with Gasteiger partial charge in [0, 0.05) is 16.6 Å². The number of rotatable bonds is 1. The second-order valence-corrected chi connectivity index (χ2v) is 3.58. The lowest BCUT2D eigenvalue weighted by Crippen LogP contribution is -2.19. The number of benzene rings is 1. The molecule has 13 heavy (non-hydrogen) atoms. The fourth-order valence-corrected chi connectivity index (χ4v) is 1.46. The van der Waals surface area contributed by atoms with Gasteiger partial charge in [-0.1, -0.05) is 28.1 Å². The van der Waals surface area contributed by atoms with Crippen LogP contribution >= 0.6 is 28.3 Å². The minimum atomic E-state index is 0. The molecule has 1 aromatic rings. The van der Waals surface area contributed by atoms with Crippen LogP contribution in [0.1, 0.15) is 5.56 Å². The van der Waals surface area contributed by atoms with Crippen molar-refractivity contribution in [2.24, 2.45) is 4.99 Å². The van der Waals surface area contributed by atoms with Crippen LogP contribution in [0.5, 0.6) is 0 Å². The summed E-state index contributed by atoms with van der Waals surface area (Å²) in [6.45, 7) is 1.86. The summed E-state index contributed by atoms with van der Waals surface area (Å²) in [4.78, 5) is 4.33. The van der Waals surface area contributed by atoms with Crippen LogP contribution < -0.4 is 5.32 Å². The molecule has 4 heteroatoms. The van der Waals surface area contributed by atoms with E-state index < -0.39 is 0 Å². The molecule has 0 atom stereocenters. The number of amidine groups is 1. The van der Waals surface area contributed by atoms with Gasteiger partial charge in [-0.2, -0.15) is 0 Å². The van der Waals surface area contributed by atoms with E-state index >= 15 is 0 Å². The molecule has 0 radical (unpaired) electrons. The molecule has 1 aliphatic heterocycles. The van der Waals surface area contributed by atoms with E-state index in [4.69, 9.17) is 0 Å². The van der Waals surface area contributed by atoms with Crippen LogP contribution in [0.2, 0.25) is 0 Å². The average molecular weight is 262 g/mol. The first-order valence-corrected chi connectivity index (χ1v) is 4.70. The van der Waals surface area contributed by atoms with Crippen LogP contribution in [0.25, 0.3) is 0 Å². The molecule has 0 spiro atoms. The minimum absolute atomic E-state index is 0. The molecular weight excluding hydrogens is 251 g/mol. The van der Waals surface area contributed by atoms with Crippen molar-refractivity contribution in [1.29, 1.82) is 0 Å². The fraction of sp³-hybridized carbons (Fsp3) is 0.222. The van der Waals surface area contributed by atoms with Gasteiger partial charge in [-0.15, -0.1) is 12.4 Å². The molecule has 0 bridgehead atoms. The van der Waals surface area contributed by atoms with Crippen LogP contribution in [-0.2, 0) is 0 Å². The first-order valence-electron chi connectivity index (χ1n) is 3.90. The SMILES string of the molecule is Brc1ccc(C2=NCCN2)cc1.Cl. The van der Waals surface area contributed by atoms with E-state index in [1.165, 1.54) is 0 Å². The Morgan fingerprint density at radius 1 is 1.23 bits per heavy atom. The average Bonchev–Trinajstić information content (AvgIpc) is 2.58. The van der Waals surface area contributed by atoms with E-state index in [0.29, 0.717) is 0 Å². The Morgan fingerprint density at radius 3 is 2.46 bits per heavy atom. The van der Waals surface area contributed by atoms with Gasteiger partial charge in [-0.25, -0.2) is 0 Å². The van der Waals surface area contributed by atoms with Crippen molar-refractivity contribution >= 4 is 34.2 Å². The van der Waals surface area contributed by atoms with Crippen molar-refractivity contribution in [3.05, 3.63) is 34.3 Å². The smallest absolute Gasteiger partial charge is 0.128 e. The normalized spacial score (nSPS) is 14.4. The summed E-state index contributed by atoms with van der Waals surface area (Å²) >= 11 is 3.39. The van der Waals surface area contributed by atoms with Gasteiger partial charge in [0.25, 0.3) is 0 Å². The molecule has 1 aliphatic rings. The third-order valence-corrected chi connectivity index (χ3v) is 2.32. The first-order chi connectivity index (χ1) is 5.86. The maximum Gasteiger partial charge on any atom is 0.128 e. The maximum atomic E-state index is 4.33. The van der Waals surface area contributed by atoms with Crippen molar-refractivity contribution in [1.82, 2.24) is 5.32 Å².